The molecule has 0 aliphatic carbocycles. The van der Waals surface area contributed by atoms with Gasteiger partial charge in [-0.25, -0.2) is 0 Å². The quantitative estimate of drug-likeness (QED) is 0.736. The molecule has 2 aromatic rings. The fourth-order valence-electron chi connectivity index (χ4n) is 3.09. The van der Waals surface area contributed by atoms with Gasteiger partial charge in [-0.2, -0.15) is 0 Å². The van der Waals surface area contributed by atoms with Gasteiger partial charge >= 0.3 is 0 Å². The van der Waals surface area contributed by atoms with Gasteiger partial charge in [0, 0.05) is 29.2 Å². The molecule has 142 valence electrons. The fraction of sp³-hybridized carbons (Fsp3) is 0.333. The summed E-state index contributed by atoms with van der Waals surface area (Å²) in [5, 5.41) is 0.587. The number of hydrogen-bond acceptors (Lipinski definition) is 4. The molecule has 0 bridgehead atoms. The van der Waals surface area contributed by atoms with Crippen LogP contribution in [0.3, 0.4) is 0 Å². The lowest BCUT2D eigenvalue weighted by molar-refractivity contribution is -0.145. The lowest BCUT2D eigenvalue weighted by Gasteiger charge is -2.35. The van der Waals surface area contributed by atoms with Crippen molar-refractivity contribution in [3.05, 3.63) is 64.7 Å². The van der Waals surface area contributed by atoms with E-state index in [1.54, 1.807) is 53.4 Å². The van der Waals surface area contributed by atoms with Crippen molar-refractivity contribution in [1.82, 2.24) is 4.90 Å². The molecular weight excluding hydrogens is 366 g/mol. The Morgan fingerprint density at radius 3 is 2.07 bits per heavy atom. The van der Waals surface area contributed by atoms with Crippen LogP contribution in [0.1, 0.15) is 29.8 Å². The Hall–Kier alpha value is -2.37. The van der Waals surface area contributed by atoms with Crippen LogP contribution in [0, 0.1) is 0 Å². The Morgan fingerprint density at radius 2 is 1.52 bits per heavy atom. The van der Waals surface area contributed by atoms with Crippen molar-refractivity contribution < 1.29 is 19.1 Å². The number of benzene rings is 2. The number of carbonyl (C=O) groups excluding carboxylic acids is 2. The first-order valence-corrected chi connectivity index (χ1v) is 9.26. The predicted octanol–water partition coefficient (Wildman–Crippen LogP) is 3.59. The highest BCUT2D eigenvalue weighted by Gasteiger charge is 2.26. The Bertz CT molecular complexity index is 794. The van der Waals surface area contributed by atoms with Crippen LogP contribution in [0.2, 0.25) is 5.02 Å². The molecule has 6 heteroatoms. The van der Waals surface area contributed by atoms with E-state index in [4.69, 9.17) is 21.1 Å². The SMILES string of the molecule is CC1CN(C(=O)COc2ccc(C(=O)c3ccc(Cl)cc3)cc2)CC(C)O1. The van der Waals surface area contributed by atoms with E-state index in [1.807, 2.05) is 13.8 Å². The molecule has 0 saturated carbocycles. The van der Waals surface area contributed by atoms with Crippen LogP contribution in [-0.2, 0) is 9.53 Å². The van der Waals surface area contributed by atoms with Crippen LogP contribution in [0.25, 0.3) is 0 Å². The van der Waals surface area contributed by atoms with Gasteiger partial charge < -0.3 is 14.4 Å². The molecule has 5 nitrogen and oxygen atoms in total. The molecule has 1 aliphatic rings. The number of ketones is 1. The molecule has 1 aliphatic heterocycles. The summed E-state index contributed by atoms with van der Waals surface area (Å²) < 4.78 is 11.2. The maximum atomic E-state index is 12.4. The van der Waals surface area contributed by atoms with E-state index in [1.165, 1.54) is 0 Å². The highest BCUT2D eigenvalue weighted by molar-refractivity contribution is 6.30. The number of hydrogen-bond donors (Lipinski definition) is 0. The molecule has 0 radical (unpaired) electrons. The third kappa shape index (κ3) is 5.08. The van der Waals surface area contributed by atoms with E-state index in [0.29, 0.717) is 35.0 Å². The third-order valence-corrected chi connectivity index (χ3v) is 4.61. The van der Waals surface area contributed by atoms with E-state index in [0.717, 1.165) is 0 Å². The van der Waals surface area contributed by atoms with Crippen molar-refractivity contribution in [1.29, 1.82) is 0 Å². The van der Waals surface area contributed by atoms with Crippen molar-refractivity contribution in [2.75, 3.05) is 19.7 Å². The summed E-state index contributed by atoms with van der Waals surface area (Å²) in [4.78, 5) is 26.5. The highest BCUT2D eigenvalue weighted by Crippen LogP contribution is 2.18. The normalized spacial score (nSPS) is 19.6. The summed E-state index contributed by atoms with van der Waals surface area (Å²) >= 11 is 5.85. The van der Waals surface area contributed by atoms with Crippen LogP contribution < -0.4 is 4.74 Å². The number of nitrogens with zero attached hydrogens (tertiary/aromatic N) is 1. The second kappa shape index (κ2) is 8.55. The van der Waals surface area contributed by atoms with E-state index in [9.17, 15) is 9.59 Å². The van der Waals surface area contributed by atoms with Gasteiger partial charge in [-0.05, 0) is 62.4 Å². The number of carbonyl (C=O) groups is 2. The van der Waals surface area contributed by atoms with Gasteiger partial charge in [-0.15, -0.1) is 0 Å². The molecule has 3 rings (SSSR count). The molecule has 0 aromatic heterocycles. The minimum atomic E-state index is -0.0921. The van der Waals surface area contributed by atoms with E-state index >= 15 is 0 Å². The third-order valence-electron chi connectivity index (χ3n) is 4.36. The molecule has 27 heavy (non-hydrogen) atoms. The molecule has 1 heterocycles. The Morgan fingerprint density at radius 1 is 1.00 bits per heavy atom. The second-order valence-electron chi connectivity index (χ2n) is 6.71. The predicted molar refractivity (Wildman–Crippen MR) is 103 cm³/mol. The number of morpholine rings is 1. The monoisotopic (exact) mass is 387 g/mol. The minimum Gasteiger partial charge on any atom is -0.484 e. The van der Waals surface area contributed by atoms with Crippen molar-refractivity contribution in [2.45, 2.75) is 26.1 Å². The van der Waals surface area contributed by atoms with Crippen LogP contribution in [-0.4, -0.2) is 48.5 Å². The smallest absolute Gasteiger partial charge is 0.260 e. The average Bonchev–Trinajstić information content (AvgIpc) is 2.66. The van der Waals surface area contributed by atoms with Gasteiger partial charge in [-0.3, -0.25) is 9.59 Å². The molecule has 1 fully saturated rings. The molecule has 2 atom stereocenters. The molecule has 0 N–H and O–H groups in total. The van der Waals surface area contributed by atoms with Crippen molar-refractivity contribution in [2.24, 2.45) is 0 Å². The van der Waals surface area contributed by atoms with Gasteiger partial charge in [0.1, 0.15) is 5.75 Å². The second-order valence-corrected chi connectivity index (χ2v) is 7.14. The lowest BCUT2D eigenvalue weighted by atomic mass is 10.0. The first kappa shape index (κ1) is 19.4. The Balaban J connectivity index is 1.57. The molecule has 2 aromatic carbocycles. The fourth-order valence-corrected chi connectivity index (χ4v) is 3.21. The van der Waals surface area contributed by atoms with Crippen LogP contribution in [0.15, 0.2) is 48.5 Å². The average molecular weight is 388 g/mol. The Kier molecular flexibility index (Phi) is 6.14. The summed E-state index contributed by atoms with van der Waals surface area (Å²) in [7, 11) is 0. The number of halogens is 1. The molecule has 1 saturated heterocycles. The number of ether oxygens (including phenoxy) is 2. The standard InChI is InChI=1S/C21H22ClNO4/c1-14-11-23(12-15(2)27-14)20(24)13-26-19-9-5-17(6-10-19)21(25)16-3-7-18(22)8-4-16/h3-10,14-15H,11-13H2,1-2H3. The molecule has 0 spiro atoms. The van der Waals surface area contributed by atoms with Gasteiger partial charge in [0.2, 0.25) is 0 Å². The minimum absolute atomic E-state index is 0.0239. The lowest BCUT2D eigenvalue weighted by Crippen LogP contribution is -2.49. The summed E-state index contributed by atoms with van der Waals surface area (Å²) in [5.74, 6) is 0.384. The zero-order valence-corrected chi connectivity index (χ0v) is 16.1. The summed E-state index contributed by atoms with van der Waals surface area (Å²) in [6.45, 7) is 5.01. The first-order chi connectivity index (χ1) is 12.9. The van der Waals surface area contributed by atoms with Crippen molar-refractivity contribution >= 4 is 23.3 Å². The maximum Gasteiger partial charge on any atom is 0.260 e. The molecule has 2 unspecified atom stereocenters. The molecule has 1 amide bonds. The summed E-state index contributed by atoms with van der Waals surface area (Å²) in [5.41, 5.74) is 1.12. The zero-order chi connectivity index (χ0) is 19.4. The van der Waals surface area contributed by atoms with Crippen LogP contribution >= 0.6 is 11.6 Å². The largest absolute Gasteiger partial charge is 0.484 e. The van der Waals surface area contributed by atoms with Gasteiger partial charge in [-0.1, -0.05) is 11.6 Å². The van der Waals surface area contributed by atoms with Gasteiger partial charge in [0.05, 0.1) is 12.2 Å². The highest BCUT2D eigenvalue weighted by atomic mass is 35.5. The first-order valence-electron chi connectivity index (χ1n) is 8.88. The van der Waals surface area contributed by atoms with Crippen LogP contribution in [0.5, 0.6) is 5.75 Å². The number of rotatable bonds is 5. The zero-order valence-electron chi connectivity index (χ0n) is 15.4. The number of amides is 1. The van der Waals surface area contributed by atoms with E-state index in [-0.39, 0.29) is 30.5 Å². The van der Waals surface area contributed by atoms with Gasteiger partial charge in [0.15, 0.2) is 12.4 Å². The van der Waals surface area contributed by atoms with Crippen molar-refractivity contribution in [3.8, 4) is 5.75 Å². The van der Waals surface area contributed by atoms with Crippen molar-refractivity contribution in [3.63, 3.8) is 0 Å². The Labute approximate surface area is 163 Å². The molecular formula is C21H22ClNO4. The van der Waals surface area contributed by atoms with E-state index < -0.39 is 0 Å². The summed E-state index contributed by atoms with van der Waals surface area (Å²) in [6.07, 6.45) is 0.0479. The van der Waals surface area contributed by atoms with Gasteiger partial charge in [0.25, 0.3) is 5.91 Å². The summed E-state index contributed by atoms with van der Waals surface area (Å²) in [6, 6.07) is 13.5. The van der Waals surface area contributed by atoms with E-state index in [2.05, 4.69) is 0 Å². The maximum absolute atomic E-state index is 12.4. The van der Waals surface area contributed by atoms with Crippen LogP contribution in [0.4, 0.5) is 0 Å². The topological polar surface area (TPSA) is 55.8 Å².